The van der Waals surface area contributed by atoms with Gasteiger partial charge in [0.15, 0.2) is 24.1 Å². The van der Waals surface area contributed by atoms with Crippen LogP contribution in [0.5, 0.6) is 11.5 Å². The first-order chi connectivity index (χ1) is 12.6. The van der Waals surface area contributed by atoms with Gasteiger partial charge in [0.05, 0.1) is 7.11 Å². The zero-order chi connectivity index (χ0) is 18.7. The van der Waals surface area contributed by atoms with Gasteiger partial charge < -0.3 is 14.2 Å². The number of benzene rings is 1. The van der Waals surface area contributed by atoms with E-state index in [1.165, 1.54) is 0 Å². The van der Waals surface area contributed by atoms with Crippen molar-refractivity contribution in [3.8, 4) is 11.5 Å². The van der Waals surface area contributed by atoms with E-state index in [9.17, 15) is 4.79 Å². The monoisotopic (exact) mass is 354 g/mol. The van der Waals surface area contributed by atoms with Crippen LogP contribution in [0.3, 0.4) is 0 Å². The fraction of sp³-hybridized carbons (Fsp3) is 0.409. The van der Waals surface area contributed by atoms with Crippen LogP contribution < -0.4 is 9.47 Å². The van der Waals surface area contributed by atoms with Crippen molar-refractivity contribution in [1.29, 1.82) is 0 Å². The highest BCUT2D eigenvalue weighted by atomic mass is 16.7. The molecule has 1 fully saturated rings. The summed E-state index contributed by atoms with van der Waals surface area (Å²) < 4.78 is 16.0. The summed E-state index contributed by atoms with van der Waals surface area (Å²) in [7, 11) is 3.20. The second-order valence-corrected chi connectivity index (χ2v) is 7.00. The van der Waals surface area contributed by atoms with E-state index in [4.69, 9.17) is 14.2 Å². The number of ether oxygens (including phenoxy) is 3. The SMILES string of the molecule is C=C[C@@H]1C[C@@H](Cc2ccc(OC)c(OCOC)c2)[C@H]2C(=O)C=CC(=C)[C@H]21. The van der Waals surface area contributed by atoms with Gasteiger partial charge in [0.1, 0.15) is 0 Å². The van der Waals surface area contributed by atoms with Crippen molar-refractivity contribution in [2.45, 2.75) is 12.8 Å². The Morgan fingerprint density at radius 2 is 2.00 bits per heavy atom. The predicted octanol–water partition coefficient (Wildman–Crippen LogP) is 3.97. The van der Waals surface area contributed by atoms with Crippen LogP contribution in [0.2, 0.25) is 0 Å². The van der Waals surface area contributed by atoms with Crippen molar-refractivity contribution >= 4 is 5.78 Å². The fourth-order valence-electron chi connectivity index (χ4n) is 4.37. The zero-order valence-corrected chi connectivity index (χ0v) is 15.4. The summed E-state index contributed by atoms with van der Waals surface area (Å²) in [6.07, 6.45) is 7.29. The minimum atomic E-state index is -0.0130. The number of allylic oxidation sites excluding steroid dienone is 4. The summed E-state index contributed by atoms with van der Waals surface area (Å²) in [5.74, 6) is 2.26. The van der Waals surface area contributed by atoms with Gasteiger partial charge in [-0.05, 0) is 54.4 Å². The van der Waals surface area contributed by atoms with Crippen LogP contribution in [0.25, 0.3) is 0 Å². The molecule has 0 spiro atoms. The number of rotatable bonds is 7. The van der Waals surface area contributed by atoms with E-state index in [0.717, 1.165) is 24.0 Å². The molecule has 0 unspecified atom stereocenters. The van der Waals surface area contributed by atoms with Gasteiger partial charge in [-0.1, -0.05) is 30.4 Å². The lowest BCUT2D eigenvalue weighted by Crippen LogP contribution is -2.29. The highest BCUT2D eigenvalue weighted by molar-refractivity contribution is 5.94. The highest BCUT2D eigenvalue weighted by Crippen LogP contribution is 2.49. The van der Waals surface area contributed by atoms with E-state index < -0.39 is 0 Å². The molecule has 26 heavy (non-hydrogen) atoms. The number of hydrogen-bond acceptors (Lipinski definition) is 4. The Bertz CT molecular complexity index is 734. The van der Waals surface area contributed by atoms with E-state index in [1.807, 2.05) is 30.4 Å². The molecule has 0 N–H and O–H groups in total. The van der Waals surface area contributed by atoms with Crippen LogP contribution in [0.1, 0.15) is 12.0 Å². The maximum Gasteiger partial charge on any atom is 0.188 e. The predicted molar refractivity (Wildman–Crippen MR) is 101 cm³/mol. The van der Waals surface area contributed by atoms with E-state index in [2.05, 4.69) is 13.2 Å². The minimum absolute atomic E-state index is 0.0130. The number of hydrogen-bond donors (Lipinski definition) is 0. The molecule has 0 bridgehead atoms. The molecular weight excluding hydrogens is 328 g/mol. The average molecular weight is 354 g/mol. The summed E-state index contributed by atoms with van der Waals surface area (Å²) in [4.78, 5) is 12.6. The second-order valence-electron chi connectivity index (χ2n) is 7.00. The Hall–Kier alpha value is -2.33. The molecule has 3 rings (SSSR count). The van der Waals surface area contributed by atoms with Crippen molar-refractivity contribution in [3.63, 3.8) is 0 Å². The summed E-state index contributed by atoms with van der Waals surface area (Å²) >= 11 is 0. The third-order valence-electron chi connectivity index (χ3n) is 5.51. The molecule has 0 saturated heterocycles. The van der Waals surface area contributed by atoms with Crippen molar-refractivity contribution < 1.29 is 19.0 Å². The van der Waals surface area contributed by atoms with Crippen molar-refractivity contribution in [2.24, 2.45) is 23.7 Å². The van der Waals surface area contributed by atoms with Crippen LogP contribution in [-0.4, -0.2) is 26.8 Å². The first-order valence-corrected chi connectivity index (χ1v) is 8.91. The molecule has 4 nitrogen and oxygen atoms in total. The van der Waals surface area contributed by atoms with Crippen LogP contribution in [0, 0.1) is 23.7 Å². The van der Waals surface area contributed by atoms with Gasteiger partial charge in [-0.25, -0.2) is 0 Å². The molecule has 1 aromatic rings. The van der Waals surface area contributed by atoms with Crippen molar-refractivity contribution in [3.05, 3.63) is 60.7 Å². The van der Waals surface area contributed by atoms with Crippen LogP contribution >= 0.6 is 0 Å². The van der Waals surface area contributed by atoms with E-state index >= 15 is 0 Å². The van der Waals surface area contributed by atoms with E-state index in [0.29, 0.717) is 17.4 Å². The van der Waals surface area contributed by atoms with Gasteiger partial charge >= 0.3 is 0 Å². The van der Waals surface area contributed by atoms with Gasteiger partial charge in [0.25, 0.3) is 0 Å². The zero-order valence-electron chi connectivity index (χ0n) is 15.4. The summed E-state index contributed by atoms with van der Waals surface area (Å²) in [6, 6.07) is 5.91. The Labute approximate surface area is 155 Å². The van der Waals surface area contributed by atoms with Crippen molar-refractivity contribution in [2.75, 3.05) is 21.0 Å². The van der Waals surface area contributed by atoms with Crippen molar-refractivity contribution in [1.82, 2.24) is 0 Å². The summed E-state index contributed by atoms with van der Waals surface area (Å²) in [6.45, 7) is 8.30. The van der Waals surface area contributed by atoms with Gasteiger partial charge in [-0.3, -0.25) is 4.79 Å². The number of fused-ring (bicyclic) bond motifs is 1. The largest absolute Gasteiger partial charge is 0.493 e. The summed E-state index contributed by atoms with van der Waals surface area (Å²) in [5, 5.41) is 0. The smallest absolute Gasteiger partial charge is 0.188 e. The maximum absolute atomic E-state index is 12.6. The topological polar surface area (TPSA) is 44.8 Å². The Kier molecular flexibility index (Phi) is 5.62. The first kappa shape index (κ1) is 18.5. The molecule has 1 saturated carbocycles. The molecule has 0 heterocycles. The standard InChI is InChI=1S/C22H26O4/c1-5-16-12-17(22-18(23)8-6-14(2)21(16)22)10-15-7-9-19(25-4)20(11-15)26-13-24-3/h5-9,11,16-17,21-22H,1-2,10,12-13H2,3-4H3/t16-,17-,21+,22+/m1/s1. The van der Waals surface area contributed by atoms with Gasteiger partial charge in [-0.2, -0.15) is 0 Å². The highest BCUT2D eigenvalue weighted by Gasteiger charge is 2.46. The fourth-order valence-corrected chi connectivity index (χ4v) is 4.37. The number of methoxy groups -OCH3 is 2. The Morgan fingerprint density at radius 3 is 2.69 bits per heavy atom. The quantitative estimate of drug-likeness (QED) is 0.549. The van der Waals surface area contributed by atoms with E-state index in [1.54, 1.807) is 20.3 Å². The lowest BCUT2D eigenvalue weighted by molar-refractivity contribution is -0.120. The van der Waals surface area contributed by atoms with Gasteiger partial charge in [0.2, 0.25) is 0 Å². The van der Waals surface area contributed by atoms with Crippen LogP contribution in [0.4, 0.5) is 0 Å². The molecule has 0 radical (unpaired) electrons. The normalized spacial score (nSPS) is 27.3. The summed E-state index contributed by atoms with van der Waals surface area (Å²) in [5.41, 5.74) is 2.17. The third kappa shape index (κ3) is 3.47. The molecular formula is C22H26O4. The van der Waals surface area contributed by atoms with Gasteiger partial charge in [-0.15, -0.1) is 6.58 Å². The molecule has 0 amide bonds. The number of ketones is 1. The molecule has 1 aromatic carbocycles. The molecule has 0 aliphatic heterocycles. The molecule has 0 aromatic heterocycles. The second kappa shape index (κ2) is 7.92. The van der Waals surface area contributed by atoms with Crippen LogP contribution in [0.15, 0.2) is 55.2 Å². The lowest BCUT2D eigenvalue weighted by Gasteiger charge is -2.28. The molecule has 2 aliphatic carbocycles. The molecule has 138 valence electrons. The lowest BCUT2D eigenvalue weighted by atomic mass is 9.75. The third-order valence-corrected chi connectivity index (χ3v) is 5.51. The molecule has 4 heteroatoms. The van der Waals surface area contributed by atoms with Gasteiger partial charge in [0, 0.05) is 13.0 Å². The first-order valence-electron chi connectivity index (χ1n) is 8.91. The van der Waals surface area contributed by atoms with E-state index in [-0.39, 0.29) is 30.3 Å². The van der Waals surface area contributed by atoms with Crippen LogP contribution in [-0.2, 0) is 16.0 Å². The number of carbonyl (C=O) groups is 1. The minimum Gasteiger partial charge on any atom is -0.493 e. The Morgan fingerprint density at radius 1 is 1.19 bits per heavy atom. The molecule has 4 atom stereocenters. The maximum atomic E-state index is 12.6. The molecule has 2 aliphatic rings. The average Bonchev–Trinajstić information content (AvgIpc) is 3.03. The number of carbonyl (C=O) groups excluding carboxylic acids is 1. The Balaban J connectivity index is 1.84.